The summed E-state index contributed by atoms with van der Waals surface area (Å²) in [5, 5.41) is 8.85. The van der Waals surface area contributed by atoms with Crippen LogP contribution < -0.4 is 10.1 Å². The average Bonchev–Trinajstić information content (AvgIpc) is 3.14. The van der Waals surface area contributed by atoms with E-state index in [2.05, 4.69) is 25.5 Å². The summed E-state index contributed by atoms with van der Waals surface area (Å²) in [5.74, 6) is 0.771. The number of H-pyrrole nitrogens is 1. The Balaban J connectivity index is 1.66. The van der Waals surface area contributed by atoms with Crippen molar-refractivity contribution >= 4 is 17.7 Å². The SMILES string of the molecule is COc1ccc(-c2n[nH]c(CNC(=O)c3cccnc3SC(F)(F)F)n2)cc1. The van der Waals surface area contributed by atoms with Crippen LogP contribution >= 0.6 is 11.8 Å². The lowest BCUT2D eigenvalue weighted by Crippen LogP contribution is -2.24. The van der Waals surface area contributed by atoms with Gasteiger partial charge in [-0.15, -0.1) is 0 Å². The normalized spacial score (nSPS) is 11.3. The van der Waals surface area contributed by atoms with Crippen LogP contribution in [-0.4, -0.2) is 38.7 Å². The molecule has 0 spiro atoms. The predicted octanol–water partition coefficient (Wildman–Crippen LogP) is 3.42. The number of aromatic nitrogens is 4. The van der Waals surface area contributed by atoms with E-state index in [1.807, 2.05) is 0 Å². The van der Waals surface area contributed by atoms with E-state index in [1.54, 1.807) is 31.4 Å². The average molecular weight is 409 g/mol. The van der Waals surface area contributed by atoms with Crippen LogP contribution in [0.3, 0.4) is 0 Å². The summed E-state index contributed by atoms with van der Waals surface area (Å²) in [6, 6.07) is 9.75. The quantitative estimate of drug-likeness (QED) is 0.606. The fraction of sp³-hybridized carbons (Fsp3) is 0.176. The van der Waals surface area contributed by atoms with Gasteiger partial charge in [-0.25, -0.2) is 9.97 Å². The Labute approximate surface area is 161 Å². The van der Waals surface area contributed by atoms with Gasteiger partial charge in [-0.1, -0.05) is 0 Å². The monoisotopic (exact) mass is 409 g/mol. The van der Waals surface area contributed by atoms with Gasteiger partial charge in [-0.3, -0.25) is 9.89 Å². The zero-order valence-electron chi connectivity index (χ0n) is 14.4. The fourth-order valence-corrected chi connectivity index (χ4v) is 2.86. The second-order valence-corrected chi connectivity index (χ2v) is 6.47. The minimum absolute atomic E-state index is 0.0347. The van der Waals surface area contributed by atoms with Crippen LogP contribution in [0.5, 0.6) is 5.75 Å². The van der Waals surface area contributed by atoms with E-state index in [9.17, 15) is 18.0 Å². The number of amides is 1. The number of benzene rings is 1. The van der Waals surface area contributed by atoms with Crippen LogP contribution in [0, 0.1) is 0 Å². The summed E-state index contributed by atoms with van der Waals surface area (Å²) in [6.45, 7) is -0.0347. The molecular formula is C17H14F3N5O2S. The Morgan fingerprint density at radius 2 is 2.00 bits per heavy atom. The lowest BCUT2D eigenvalue weighted by atomic mass is 10.2. The van der Waals surface area contributed by atoms with Gasteiger partial charge in [0.05, 0.1) is 19.2 Å². The Kier molecular flexibility index (Phi) is 5.83. The molecule has 11 heteroatoms. The van der Waals surface area contributed by atoms with E-state index < -0.39 is 28.2 Å². The number of methoxy groups -OCH3 is 1. The maximum Gasteiger partial charge on any atom is 0.447 e. The molecule has 1 aromatic carbocycles. The lowest BCUT2D eigenvalue weighted by Gasteiger charge is -2.09. The summed E-state index contributed by atoms with van der Waals surface area (Å²) in [5.41, 5.74) is -3.97. The van der Waals surface area contributed by atoms with E-state index in [1.165, 1.54) is 18.3 Å². The van der Waals surface area contributed by atoms with Gasteiger partial charge >= 0.3 is 5.51 Å². The summed E-state index contributed by atoms with van der Waals surface area (Å²) in [4.78, 5) is 20.2. The number of pyridine rings is 1. The predicted molar refractivity (Wildman–Crippen MR) is 95.7 cm³/mol. The molecule has 0 atom stereocenters. The molecule has 3 rings (SSSR count). The molecule has 0 saturated carbocycles. The fourth-order valence-electron chi connectivity index (χ4n) is 2.26. The van der Waals surface area contributed by atoms with Gasteiger partial charge in [0, 0.05) is 23.5 Å². The smallest absolute Gasteiger partial charge is 0.447 e. The van der Waals surface area contributed by atoms with Crippen molar-refractivity contribution in [3.05, 3.63) is 54.0 Å². The van der Waals surface area contributed by atoms with Crippen molar-refractivity contribution in [3.63, 3.8) is 0 Å². The standard InChI is InChI=1S/C17H14F3N5O2S/c1-27-11-6-4-10(5-7-11)14-23-13(24-25-14)9-22-15(26)12-3-2-8-21-16(12)28-17(18,19)20/h2-8H,9H2,1H3,(H,22,26)(H,23,24,25). The molecule has 0 aliphatic carbocycles. The van der Waals surface area contributed by atoms with E-state index in [0.29, 0.717) is 17.4 Å². The Morgan fingerprint density at radius 1 is 1.25 bits per heavy atom. The van der Waals surface area contributed by atoms with Crippen molar-refractivity contribution in [2.45, 2.75) is 17.1 Å². The molecule has 0 aliphatic heterocycles. The van der Waals surface area contributed by atoms with Gasteiger partial charge in [0.1, 0.15) is 16.6 Å². The van der Waals surface area contributed by atoms with Crippen molar-refractivity contribution in [1.29, 1.82) is 0 Å². The molecule has 2 N–H and O–H groups in total. The highest BCUT2D eigenvalue weighted by molar-refractivity contribution is 8.00. The highest BCUT2D eigenvalue weighted by Crippen LogP contribution is 2.37. The topological polar surface area (TPSA) is 92.8 Å². The van der Waals surface area contributed by atoms with Crippen molar-refractivity contribution in [3.8, 4) is 17.1 Å². The largest absolute Gasteiger partial charge is 0.497 e. The van der Waals surface area contributed by atoms with Crippen LogP contribution in [0.15, 0.2) is 47.6 Å². The highest BCUT2D eigenvalue weighted by atomic mass is 32.2. The molecule has 0 saturated heterocycles. The Hall–Kier alpha value is -3.08. The van der Waals surface area contributed by atoms with Crippen molar-refractivity contribution in [2.75, 3.05) is 7.11 Å². The van der Waals surface area contributed by atoms with Crippen LogP contribution in [0.4, 0.5) is 13.2 Å². The van der Waals surface area contributed by atoms with E-state index in [4.69, 9.17) is 4.74 Å². The number of carbonyl (C=O) groups excluding carboxylic acids is 1. The summed E-state index contributed by atoms with van der Waals surface area (Å²) in [7, 11) is 1.56. The number of thioether (sulfide) groups is 1. The zero-order chi connectivity index (χ0) is 20.1. The molecule has 0 radical (unpaired) electrons. The molecule has 28 heavy (non-hydrogen) atoms. The minimum atomic E-state index is -4.54. The first-order valence-corrected chi connectivity index (χ1v) is 8.72. The number of carbonyl (C=O) groups is 1. The van der Waals surface area contributed by atoms with Gasteiger partial charge in [0.15, 0.2) is 5.82 Å². The Morgan fingerprint density at radius 3 is 2.68 bits per heavy atom. The van der Waals surface area contributed by atoms with E-state index in [-0.39, 0.29) is 12.1 Å². The lowest BCUT2D eigenvalue weighted by molar-refractivity contribution is -0.0329. The molecule has 0 fully saturated rings. The molecule has 2 aromatic heterocycles. The molecule has 3 aromatic rings. The van der Waals surface area contributed by atoms with Gasteiger partial charge in [0.2, 0.25) is 0 Å². The first kappa shape index (κ1) is 19.7. The maximum atomic E-state index is 12.6. The van der Waals surface area contributed by atoms with Gasteiger partial charge < -0.3 is 10.1 Å². The van der Waals surface area contributed by atoms with Crippen LogP contribution in [0.25, 0.3) is 11.4 Å². The van der Waals surface area contributed by atoms with Crippen LogP contribution in [0.2, 0.25) is 0 Å². The molecule has 0 bridgehead atoms. The number of halogens is 3. The van der Waals surface area contributed by atoms with Crippen LogP contribution in [-0.2, 0) is 6.54 Å². The molecule has 7 nitrogen and oxygen atoms in total. The van der Waals surface area contributed by atoms with Gasteiger partial charge in [0.25, 0.3) is 5.91 Å². The van der Waals surface area contributed by atoms with Crippen molar-refractivity contribution < 1.29 is 22.7 Å². The van der Waals surface area contributed by atoms with E-state index in [0.717, 1.165) is 5.56 Å². The number of hydrogen-bond donors (Lipinski definition) is 2. The third-order valence-electron chi connectivity index (χ3n) is 3.52. The number of nitrogens with zero attached hydrogens (tertiary/aromatic N) is 3. The number of hydrogen-bond acceptors (Lipinski definition) is 6. The molecular weight excluding hydrogens is 395 g/mol. The maximum absolute atomic E-state index is 12.6. The molecule has 146 valence electrons. The second-order valence-electron chi connectivity index (χ2n) is 5.42. The summed E-state index contributed by atoms with van der Waals surface area (Å²) in [6.07, 6.45) is 1.20. The molecule has 0 unspecified atom stereocenters. The summed E-state index contributed by atoms with van der Waals surface area (Å²) < 4.78 is 42.9. The second kappa shape index (κ2) is 8.30. The van der Waals surface area contributed by atoms with Crippen molar-refractivity contribution in [1.82, 2.24) is 25.5 Å². The first-order valence-electron chi connectivity index (χ1n) is 7.90. The Bertz CT molecular complexity index is 960. The third kappa shape index (κ3) is 5.00. The van der Waals surface area contributed by atoms with Crippen molar-refractivity contribution in [2.24, 2.45) is 0 Å². The van der Waals surface area contributed by atoms with Gasteiger partial charge in [-0.05, 0) is 36.4 Å². The third-order valence-corrected chi connectivity index (χ3v) is 4.27. The molecule has 1 amide bonds. The number of nitrogens with one attached hydrogen (secondary N) is 2. The summed E-state index contributed by atoms with van der Waals surface area (Å²) >= 11 is -0.436. The number of ether oxygens (including phenoxy) is 1. The highest BCUT2D eigenvalue weighted by Gasteiger charge is 2.32. The van der Waals surface area contributed by atoms with E-state index >= 15 is 0 Å². The number of aromatic amines is 1. The number of alkyl halides is 3. The first-order chi connectivity index (χ1) is 13.4. The molecule has 2 heterocycles. The minimum Gasteiger partial charge on any atom is -0.497 e. The number of rotatable bonds is 6. The molecule has 0 aliphatic rings. The van der Waals surface area contributed by atoms with Crippen LogP contribution in [0.1, 0.15) is 16.2 Å². The van der Waals surface area contributed by atoms with Gasteiger partial charge in [-0.2, -0.15) is 18.3 Å². The zero-order valence-corrected chi connectivity index (χ0v) is 15.3.